The molecule has 2 rings (SSSR count). The van der Waals surface area contributed by atoms with Crippen LogP contribution in [0.5, 0.6) is 0 Å². The first-order chi connectivity index (χ1) is 15.6. The molecule has 0 radical (unpaired) electrons. The third-order valence-electron chi connectivity index (χ3n) is 7.99. The summed E-state index contributed by atoms with van der Waals surface area (Å²) < 4.78 is 0. The van der Waals surface area contributed by atoms with E-state index >= 15 is 0 Å². The number of allylic oxidation sites excluding steroid dienone is 8. The second kappa shape index (κ2) is 9.79. The van der Waals surface area contributed by atoms with Gasteiger partial charge in [0.2, 0.25) is 0 Å². The van der Waals surface area contributed by atoms with E-state index in [1.165, 1.54) is 0 Å². The molecule has 0 aromatic carbocycles. The van der Waals surface area contributed by atoms with Crippen molar-refractivity contribution in [3.8, 4) is 0 Å². The second-order valence-electron chi connectivity index (χ2n) is 11.9. The fourth-order valence-electron chi connectivity index (χ4n) is 5.83. The molecule has 1 saturated carbocycles. The van der Waals surface area contributed by atoms with Crippen LogP contribution in [0, 0.1) is 28.1 Å². The molecule has 34 heavy (non-hydrogen) atoms. The molecule has 0 amide bonds. The number of rotatable bonds is 8. The molecule has 0 heterocycles. The molecule has 0 aromatic heterocycles. The lowest BCUT2D eigenvalue weighted by molar-refractivity contribution is -0.177. The van der Waals surface area contributed by atoms with Gasteiger partial charge in [0, 0.05) is 11.5 Å². The zero-order chi connectivity index (χ0) is 26.2. The van der Waals surface area contributed by atoms with Crippen molar-refractivity contribution in [2.24, 2.45) is 28.1 Å². The fourth-order valence-corrected chi connectivity index (χ4v) is 5.83. The number of hydrogen-bond donors (Lipinski definition) is 1. The number of aliphatic hydroxyl groups is 1. The van der Waals surface area contributed by atoms with Gasteiger partial charge in [0.1, 0.15) is 5.76 Å². The summed E-state index contributed by atoms with van der Waals surface area (Å²) in [6.07, 6.45) is 7.55. The van der Waals surface area contributed by atoms with Crippen LogP contribution < -0.4 is 0 Å². The molecule has 2 aliphatic carbocycles. The molecule has 3 atom stereocenters. The van der Waals surface area contributed by atoms with E-state index in [2.05, 4.69) is 6.08 Å². The molecule has 0 unspecified atom stereocenters. The fraction of sp³-hybridized carbons (Fsp3) is 0.633. The predicted octanol–water partition coefficient (Wildman–Crippen LogP) is 7.26. The Labute approximate surface area is 206 Å². The summed E-state index contributed by atoms with van der Waals surface area (Å²) >= 11 is 0. The maximum atomic E-state index is 14.5. The zero-order valence-electron chi connectivity index (χ0n) is 22.9. The maximum Gasteiger partial charge on any atom is 0.184 e. The lowest BCUT2D eigenvalue weighted by Gasteiger charge is -2.60. The van der Waals surface area contributed by atoms with Crippen molar-refractivity contribution in [2.75, 3.05) is 0 Å². The molecule has 2 aliphatic rings. The van der Waals surface area contributed by atoms with Gasteiger partial charge >= 0.3 is 0 Å². The van der Waals surface area contributed by atoms with Crippen LogP contribution in [0.25, 0.3) is 0 Å². The lowest BCUT2D eigenvalue weighted by Crippen LogP contribution is -2.70. The molecule has 0 aliphatic heterocycles. The van der Waals surface area contributed by atoms with E-state index in [9.17, 15) is 19.5 Å². The molecule has 0 aromatic rings. The lowest BCUT2D eigenvalue weighted by atomic mass is 9.39. The SMILES string of the molecule is CC(C)=CCC1=C(O)[C@@]2(CC=C(C)C)C[C@H](CC=C(C)C)C(C)(C)[C@@](C(=O)C(C)C)(C1=O)C2=O. The van der Waals surface area contributed by atoms with Crippen molar-refractivity contribution in [3.05, 3.63) is 46.3 Å². The predicted molar refractivity (Wildman–Crippen MR) is 138 cm³/mol. The number of hydrogen-bond acceptors (Lipinski definition) is 4. The molecule has 1 N–H and O–H groups in total. The van der Waals surface area contributed by atoms with E-state index in [4.69, 9.17) is 0 Å². The van der Waals surface area contributed by atoms with E-state index < -0.39 is 33.7 Å². The summed E-state index contributed by atoms with van der Waals surface area (Å²) in [6, 6.07) is 0. The molecular formula is C30H44O4. The molecule has 0 saturated heterocycles. The van der Waals surface area contributed by atoms with Crippen molar-refractivity contribution in [2.45, 2.75) is 94.9 Å². The van der Waals surface area contributed by atoms with E-state index in [1.54, 1.807) is 13.8 Å². The Bertz CT molecular complexity index is 989. The Morgan fingerprint density at radius 2 is 1.50 bits per heavy atom. The molecule has 4 heteroatoms. The Morgan fingerprint density at radius 3 is 1.97 bits per heavy atom. The van der Waals surface area contributed by atoms with E-state index in [1.807, 2.05) is 67.5 Å². The van der Waals surface area contributed by atoms with Crippen LogP contribution in [0.1, 0.15) is 94.9 Å². The highest BCUT2D eigenvalue weighted by molar-refractivity contribution is 6.33. The number of Topliss-reactive ketones (excluding diaryl/α,β-unsaturated/α-hetero) is 3. The number of carbonyl (C=O) groups excluding carboxylic acids is 3. The number of ketones is 3. The molecular weight excluding hydrogens is 424 g/mol. The van der Waals surface area contributed by atoms with Gasteiger partial charge in [-0.05, 0) is 78.6 Å². The average molecular weight is 469 g/mol. The van der Waals surface area contributed by atoms with Crippen molar-refractivity contribution in [1.29, 1.82) is 0 Å². The van der Waals surface area contributed by atoms with Crippen molar-refractivity contribution in [3.63, 3.8) is 0 Å². The first-order valence-electron chi connectivity index (χ1n) is 12.5. The Hall–Kier alpha value is -2.23. The van der Waals surface area contributed by atoms with Crippen LogP contribution in [0.4, 0.5) is 0 Å². The molecule has 4 nitrogen and oxygen atoms in total. The Balaban J connectivity index is 3.01. The summed E-state index contributed by atoms with van der Waals surface area (Å²) in [7, 11) is 0. The average Bonchev–Trinajstić information content (AvgIpc) is 2.71. The number of carbonyl (C=O) groups is 3. The minimum Gasteiger partial charge on any atom is -0.511 e. The first kappa shape index (κ1) is 28.0. The smallest absolute Gasteiger partial charge is 0.184 e. The molecule has 0 spiro atoms. The minimum atomic E-state index is -1.80. The summed E-state index contributed by atoms with van der Waals surface area (Å²) in [5, 5.41) is 11.7. The zero-order valence-corrected chi connectivity index (χ0v) is 22.9. The van der Waals surface area contributed by atoms with Gasteiger partial charge in [-0.1, -0.05) is 62.6 Å². The topological polar surface area (TPSA) is 71.4 Å². The van der Waals surface area contributed by atoms with Gasteiger partial charge in [-0.15, -0.1) is 0 Å². The van der Waals surface area contributed by atoms with Gasteiger partial charge < -0.3 is 5.11 Å². The van der Waals surface area contributed by atoms with Crippen LogP contribution in [0.3, 0.4) is 0 Å². The van der Waals surface area contributed by atoms with Crippen LogP contribution in [0.2, 0.25) is 0 Å². The largest absolute Gasteiger partial charge is 0.511 e. The summed E-state index contributed by atoms with van der Waals surface area (Å²) in [5.74, 6) is -1.95. The molecule has 188 valence electrons. The molecule has 1 fully saturated rings. The van der Waals surface area contributed by atoms with Crippen molar-refractivity contribution < 1.29 is 19.5 Å². The van der Waals surface area contributed by atoms with Gasteiger partial charge in [0.25, 0.3) is 0 Å². The summed E-state index contributed by atoms with van der Waals surface area (Å²) in [6.45, 7) is 19.2. The highest BCUT2D eigenvalue weighted by atomic mass is 16.3. The summed E-state index contributed by atoms with van der Waals surface area (Å²) in [5.41, 5.74) is -0.536. The van der Waals surface area contributed by atoms with E-state index in [0.29, 0.717) is 19.3 Å². The first-order valence-corrected chi connectivity index (χ1v) is 12.5. The van der Waals surface area contributed by atoms with Gasteiger partial charge in [-0.3, -0.25) is 14.4 Å². The normalized spacial score (nSPS) is 28.0. The Kier molecular flexibility index (Phi) is 8.07. The highest BCUT2D eigenvalue weighted by Crippen LogP contribution is 2.65. The third-order valence-corrected chi connectivity index (χ3v) is 7.99. The van der Waals surface area contributed by atoms with Gasteiger partial charge in [0.15, 0.2) is 22.8 Å². The quantitative estimate of drug-likeness (QED) is 0.300. The minimum absolute atomic E-state index is 0.121. The third kappa shape index (κ3) is 4.29. The van der Waals surface area contributed by atoms with Crippen LogP contribution in [-0.2, 0) is 14.4 Å². The van der Waals surface area contributed by atoms with Crippen molar-refractivity contribution >= 4 is 17.3 Å². The maximum absolute atomic E-state index is 14.5. The monoisotopic (exact) mass is 468 g/mol. The van der Waals surface area contributed by atoms with Crippen LogP contribution >= 0.6 is 0 Å². The van der Waals surface area contributed by atoms with Gasteiger partial charge in [0.05, 0.1) is 5.41 Å². The van der Waals surface area contributed by atoms with Crippen LogP contribution in [0.15, 0.2) is 46.3 Å². The second-order valence-corrected chi connectivity index (χ2v) is 11.9. The Morgan fingerprint density at radius 1 is 0.971 bits per heavy atom. The van der Waals surface area contributed by atoms with Crippen LogP contribution in [-0.4, -0.2) is 22.5 Å². The molecule has 2 bridgehead atoms. The standard InChI is InChI=1S/C30H44O4/c1-18(2)11-13-22-17-29(16-15-20(5)6)25(32)23(14-12-19(3)4)26(33)30(27(29)34,28(22,9)10)24(31)21(7)8/h11-12,15,21-22,32H,13-14,16-17H2,1-10H3/t22-,29+,30-/m0/s1. The number of aliphatic hydroxyl groups excluding tert-OH is 1. The van der Waals surface area contributed by atoms with Gasteiger partial charge in [-0.2, -0.15) is 0 Å². The summed E-state index contributed by atoms with van der Waals surface area (Å²) in [4.78, 5) is 42.8. The van der Waals surface area contributed by atoms with Gasteiger partial charge in [-0.25, -0.2) is 0 Å². The van der Waals surface area contributed by atoms with E-state index in [-0.39, 0.29) is 29.5 Å². The van der Waals surface area contributed by atoms with Crippen molar-refractivity contribution in [1.82, 2.24) is 0 Å². The van der Waals surface area contributed by atoms with E-state index in [0.717, 1.165) is 16.7 Å². The number of fused-ring (bicyclic) bond motifs is 2. The highest BCUT2D eigenvalue weighted by Gasteiger charge is 2.74.